The Morgan fingerprint density at radius 1 is 1.56 bits per heavy atom. The summed E-state index contributed by atoms with van der Waals surface area (Å²) in [5, 5.41) is 12.4. The lowest BCUT2D eigenvalue weighted by molar-refractivity contribution is -0.121. The van der Waals surface area contributed by atoms with Gasteiger partial charge in [0.05, 0.1) is 23.7 Å². The molecule has 6 heteroatoms. The van der Waals surface area contributed by atoms with Crippen LogP contribution in [-0.4, -0.2) is 41.7 Å². The Morgan fingerprint density at radius 2 is 2.22 bits per heavy atom. The second-order valence-electron chi connectivity index (χ2n) is 4.78. The van der Waals surface area contributed by atoms with Gasteiger partial charge in [0.1, 0.15) is 5.82 Å². The minimum atomic E-state index is -0.620. The molecular formula is C12H18ClN3O2. The van der Waals surface area contributed by atoms with Crippen molar-refractivity contribution in [2.75, 3.05) is 25.1 Å². The first-order valence-electron chi connectivity index (χ1n) is 5.58. The van der Waals surface area contributed by atoms with Gasteiger partial charge in [0.2, 0.25) is 5.91 Å². The van der Waals surface area contributed by atoms with Crippen molar-refractivity contribution in [2.24, 2.45) is 0 Å². The molecule has 0 aromatic carbocycles. The maximum atomic E-state index is 11.8. The number of carbonyl (C=O) groups is 1. The molecule has 0 atom stereocenters. The number of aromatic nitrogens is 1. The Kier molecular flexibility index (Phi) is 4.93. The summed E-state index contributed by atoms with van der Waals surface area (Å²) in [5.41, 5.74) is -0.620. The van der Waals surface area contributed by atoms with Crippen LogP contribution in [0.3, 0.4) is 0 Å². The summed E-state index contributed by atoms with van der Waals surface area (Å²) in [6.07, 6.45) is 1.53. The number of amides is 1. The van der Waals surface area contributed by atoms with Crippen LogP contribution >= 0.6 is 11.6 Å². The van der Waals surface area contributed by atoms with E-state index in [4.69, 9.17) is 16.7 Å². The van der Waals surface area contributed by atoms with Crippen molar-refractivity contribution >= 4 is 23.3 Å². The molecule has 2 N–H and O–H groups in total. The van der Waals surface area contributed by atoms with Gasteiger partial charge in [0.25, 0.3) is 0 Å². The Morgan fingerprint density at radius 3 is 2.72 bits per heavy atom. The van der Waals surface area contributed by atoms with Gasteiger partial charge in [-0.2, -0.15) is 0 Å². The zero-order chi connectivity index (χ0) is 13.8. The summed E-state index contributed by atoms with van der Waals surface area (Å²) in [4.78, 5) is 17.6. The number of halogens is 1. The molecule has 0 aliphatic heterocycles. The largest absolute Gasteiger partial charge is 0.394 e. The van der Waals surface area contributed by atoms with Gasteiger partial charge in [-0.15, -0.1) is 0 Å². The molecule has 18 heavy (non-hydrogen) atoms. The second-order valence-corrected chi connectivity index (χ2v) is 5.22. The Balaban J connectivity index is 2.57. The summed E-state index contributed by atoms with van der Waals surface area (Å²) in [6.45, 7) is 3.57. The molecule has 100 valence electrons. The molecule has 0 spiro atoms. The molecule has 1 aromatic rings. The first-order chi connectivity index (χ1) is 8.34. The van der Waals surface area contributed by atoms with Gasteiger partial charge < -0.3 is 15.3 Å². The van der Waals surface area contributed by atoms with Gasteiger partial charge >= 0.3 is 0 Å². The maximum Gasteiger partial charge on any atom is 0.240 e. The van der Waals surface area contributed by atoms with Crippen LogP contribution < -0.4 is 10.2 Å². The van der Waals surface area contributed by atoms with Crippen LogP contribution in [0, 0.1) is 0 Å². The van der Waals surface area contributed by atoms with Gasteiger partial charge in [-0.05, 0) is 26.0 Å². The lowest BCUT2D eigenvalue weighted by Crippen LogP contribution is -2.49. The standard InChI is InChI=1S/C12H18ClN3O2/c1-12(2,8-17)15-11(18)7-16(3)10-5-4-9(13)6-14-10/h4-6,17H,7-8H2,1-3H3,(H,15,18). The Hall–Kier alpha value is -1.33. The molecule has 1 aromatic heterocycles. The van der Waals surface area contributed by atoms with Gasteiger partial charge in [-0.1, -0.05) is 11.6 Å². The number of hydrogen-bond donors (Lipinski definition) is 2. The van der Waals surface area contributed by atoms with Crippen molar-refractivity contribution in [1.82, 2.24) is 10.3 Å². The number of anilines is 1. The van der Waals surface area contributed by atoms with Gasteiger partial charge in [-0.3, -0.25) is 4.79 Å². The second kappa shape index (κ2) is 6.02. The van der Waals surface area contributed by atoms with Crippen LogP contribution in [0.25, 0.3) is 0 Å². The third-order valence-corrected chi connectivity index (χ3v) is 2.58. The molecule has 0 fully saturated rings. The average molecular weight is 272 g/mol. The highest BCUT2D eigenvalue weighted by Gasteiger charge is 2.19. The first kappa shape index (κ1) is 14.7. The maximum absolute atomic E-state index is 11.8. The predicted octanol–water partition coefficient (Wildman–Crippen LogP) is 1.06. The highest BCUT2D eigenvalue weighted by Crippen LogP contribution is 2.12. The van der Waals surface area contributed by atoms with Crippen molar-refractivity contribution in [3.05, 3.63) is 23.4 Å². The van der Waals surface area contributed by atoms with E-state index in [-0.39, 0.29) is 19.1 Å². The molecular weight excluding hydrogens is 254 g/mol. The van der Waals surface area contributed by atoms with Crippen molar-refractivity contribution in [1.29, 1.82) is 0 Å². The molecule has 0 bridgehead atoms. The third kappa shape index (κ3) is 4.50. The summed E-state index contributed by atoms with van der Waals surface area (Å²) in [6, 6.07) is 3.46. The van der Waals surface area contributed by atoms with E-state index in [1.807, 2.05) is 0 Å². The number of likely N-dealkylation sites (N-methyl/N-ethyl adjacent to an activating group) is 1. The quantitative estimate of drug-likeness (QED) is 0.840. The minimum Gasteiger partial charge on any atom is -0.394 e. The summed E-state index contributed by atoms with van der Waals surface area (Å²) < 4.78 is 0. The molecule has 0 aliphatic rings. The molecule has 1 heterocycles. The number of pyridine rings is 1. The van der Waals surface area contributed by atoms with E-state index in [2.05, 4.69) is 10.3 Å². The van der Waals surface area contributed by atoms with E-state index in [0.29, 0.717) is 10.8 Å². The fourth-order valence-electron chi connectivity index (χ4n) is 1.35. The number of aliphatic hydroxyl groups is 1. The van der Waals surface area contributed by atoms with Crippen LogP contribution in [-0.2, 0) is 4.79 Å². The Bertz CT molecular complexity index is 406. The van der Waals surface area contributed by atoms with Crippen molar-refractivity contribution in [3.63, 3.8) is 0 Å². The van der Waals surface area contributed by atoms with Crippen molar-refractivity contribution < 1.29 is 9.90 Å². The molecule has 0 saturated heterocycles. The zero-order valence-electron chi connectivity index (χ0n) is 10.8. The number of rotatable bonds is 5. The molecule has 1 amide bonds. The van der Waals surface area contributed by atoms with E-state index in [0.717, 1.165) is 0 Å². The van der Waals surface area contributed by atoms with Crippen LogP contribution in [0.2, 0.25) is 5.02 Å². The average Bonchev–Trinajstić information content (AvgIpc) is 2.29. The molecule has 1 rings (SSSR count). The van der Waals surface area contributed by atoms with E-state index in [9.17, 15) is 4.79 Å². The first-order valence-corrected chi connectivity index (χ1v) is 5.96. The number of aliphatic hydroxyl groups excluding tert-OH is 1. The normalized spacial score (nSPS) is 11.2. The summed E-state index contributed by atoms with van der Waals surface area (Å²) in [7, 11) is 1.77. The van der Waals surface area contributed by atoms with Gasteiger partial charge in [-0.25, -0.2) is 4.98 Å². The number of nitrogens with one attached hydrogen (secondary N) is 1. The van der Waals surface area contributed by atoms with E-state index < -0.39 is 5.54 Å². The zero-order valence-corrected chi connectivity index (χ0v) is 11.5. The lowest BCUT2D eigenvalue weighted by atomic mass is 10.1. The van der Waals surface area contributed by atoms with Crippen molar-refractivity contribution in [3.8, 4) is 0 Å². The van der Waals surface area contributed by atoms with Gasteiger partial charge in [0, 0.05) is 13.2 Å². The SMILES string of the molecule is CN(CC(=O)NC(C)(C)CO)c1ccc(Cl)cn1. The lowest BCUT2D eigenvalue weighted by Gasteiger charge is -2.25. The van der Waals surface area contributed by atoms with Crippen molar-refractivity contribution in [2.45, 2.75) is 19.4 Å². The minimum absolute atomic E-state index is 0.109. The predicted molar refractivity (Wildman–Crippen MR) is 71.8 cm³/mol. The Labute approximate surface area is 112 Å². The van der Waals surface area contributed by atoms with Crippen LogP contribution in [0.4, 0.5) is 5.82 Å². The fourth-order valence-corrected chi connectivity index (χ4v) is 1.46. The number of carbonyl (C=O) groups excluding carboxylic acids is 1. The molecule has 5 nitrogen and oxygen atoms in total. The molecule has 0 radical (unpaired) electrons. The summed E-state index contributed by atoms with van der Waals surface area (Å²) >= 11 is 5.74. The topological polar surface area (TPSA) is 65.5 Å². The summed E-state index contributed by atoms with van der Waals surface area (Å²) in [5.74, 6) is 0.490. The smallest absolute Gasteiger partial charge is 0.240 e. The van der Waals surface area contributed by atoms with E-state index in [1.165, 1.54) is 6.20 Å². The molecule has 0 aliphatic carbocycles. The number of hydrogen-bond acceptors (Lipinski definition) is 4. The fraction of sp³-hybridized carbons (Fsp3) is 0.500. The van der Waals surface area contributed by atoms with E-state index in [1.54, 1.807) is 37.9 Å². The highest BCUT2D eigenvalue weighted by atomic mass is 35.5. The molecule has 0 saturated carbocycles. The van der Waals surface area contributed by atoms with Crippen LogP contribution in [0.15, 0.2) is 18.3 Å². The third-order valence-electron chi connectivity index (χ3n) is 2.36. The van der Waals surface area contributed by atoms with Crippen LogP contribution in [0.5, 0.6) is 0 Å². The van der Waals surface area contributed by atoms with Crippen LogP contribution in [0.1, 0.15) is 13.8 Å². The number of nitrogens with zero attached hydrogens (tertiary/aromatic N) is 2. The highest BCUT2D eigenvalue weighted by molar-refractivity contribution is 6.30. The monoisotopic (exact) mass is 271 g/mol. The van der Waals surface area contributed by atoms with Gasteiger partial charge in [0.15, 0.2) is 0 Å². The van der Waals surface area contributed by atoms with E-state index >= 15 is 0 Å². The molecule has 0 unspecified atom stereocenters.